The third kappa shape index (κ3) is 5.49. The van der Waals surface area contributed by atoms with Gasteiger partial charge >= 0.3 is 0 Å². The Morgan fingerprint density at radius 1 is 0.692 bits per heavy atom. The van der Waals surface area contributed by atoms with Crippen molar-refractivity contribution in [2.45, 2.75) is 129 Å². The van der Waals surface area contributed by atoms with Crippen LogP contribution in [-0.4, -0.2) is 12.2 Å². The van der Waals surface area contributed by atoms with E-state index in [9.17, 15) is 0 Å². The lowest BCUT2D eigenvalue weighted by Crippen LogP contribution is -2.44. The molecule has 3 aliphatic rings. The van der Waals surface area contributed by atoms with Crippen molar-refractivity contribution in [3.8, 4) is 0 Å². The Balaban J connectivity index is 1.40. The van der Waals surface area contributed by atoms with Crippen molar-refractivity contribution in [2.24, 2.45) is 23.7 Å². The number of ether oxygens (including phenoxy) is 1. The maximum atomic E-state index is 6.57. The van der Waals surface area contributed by atoms with Crippen LogP contribution in [0.15, 0.2) is 0 Å². The molecule has 0 unspecified atom stereocenters. The molecule has 0 aromatic rings. The standard InChI is InChI=1S/C25H46O/c1-3-20-26-25(18-6-5-7-19-25)24-16-14-23(15-17-24)13-12-22-10-8-21(4-2)9-11-22/h21-24H,3-20H2,1-2H3. The number of hydrogen-bond donors (Lipinski definition) is 0. The smallest absolute Gasteiger partial charge is 0.0710 e. The van der Waals surface area contributed by atoms with Crippen molar-refractivity contribution < 1.29 is 4.74 Å². The van der Waals surface area contributed by atoms with Gasteiger partial charge in [0.15, 0.2) is 0 Å². The first-order valence-corrected chi connectivity index (χ1v) is 12.4. The highest BCUT2D eigenvalue weighted by Crippen LogP contribution is 2.46. The second-order valence-electron chi connectivity index (χ2n) is 10.1. The predicted molar refractivity (Wildman–Crippen MR) is 112 cm³/mol. The van der Waals surface area contributed by atoms with E-state index in [0.717, 1.165) is 30.3 Å². The monoisotopic (exact) mass is 362 g/mol. The van der Waals surface area contributed by atoms with Gasteiger partial charge in [-0.05, 0) is 55.8 Å². The third-order valence-electron chi connectivity index (χ3n) is 8.41. The van der Waals surface area contributed by atoms with Gasteiger partial charge in [0.25, 0.3) is 0 Å². The lowest BCUT2D eigenvalue weighted by Gasteiger charge is -2.46. The van der Waals surface area contributed by atoms with Crippen LogP contribution in [0.2, 0.25) is 0 Å². The molecular formula is C25H46O. The van der Waals surface area contributed by atoms with Gasteiger partial charge in [-0.1, -0.05) is 90.9 Å². The van der Waals surface area contributed by atoms with Crippen molar-refractivity contribution in [1.82, 2.24) is 0 Å². The van der Waals surface area contributed by atoms with E-state index in [1.54, 1.807) is 0 Å². The highest BCUT2D eigenvalue weighted by atomic mass is 16.5. The highest BCUT2D eigenvalue weighted by molar-refractivity contribution is 4.93. The van der Waals surface area contributed by atoms with Crippen LogP contribution in [0.5, 0.6) is 0 Å². The molecule has 0 N–H and O–H groups in total. The molecule has 0 aromatic heterocycles. The second-order valence-corrected chi connectivity index (χ2v) is 10.1. The first-order valence-electron chi connectivity index (χ1n) is 12.4. The van der Waals surface area contributed by atoms with Crippen molar-refractivity contribution in [3.05, 3.63) is 0 Å². The Labute approximate surface area is 164 Å². The van der Waals surface area contributed by atoms with Crippen LogP contribution < -0.4 is 0 Å². The molecule has 0 heterocycles. The van der Waals surface area contributed by atoms with Crippen molar-refractivity contribution in [1.29, 1.82) is 0 Å². The topological polar surface area (TPSA) is 9.23 Å². The molecular weight excluding hydrogens is 316 g/mol. The Kier molecular flexibility index (Phi) is 8.35. The zero-order chi connectivity index (χ0) is 18.2. The highest BCUT2D eigenvalue weighted by Gasteiger charge is 2.42. The van der Waals surface area contributed by atoms with Gasteiger partial charge in [0, 0.05) is 6.61 Å². The van der Waals surface area contributed by atoms with E-state index in [0.29, 0.717) is 0 Å². The van der Waals surface area contributed by atoms with E-state index in [4.69, 9.17) is 4.74 Å². The van der Waals surface area contributed by atoms with E-state index >= 15 is 0 Å². The summed E-state index contributed by atoms with van der Waals surface area (Å²) in [4.78, 5) is 0. The molecule has 3 fully saturated rings. The summed E-state index contributed by atoms with van der Waals surface area (Å²) in [5.74, 6) is 4.01. The van der Waals surface area contributed by atoms with Crippen LogP contribution in [0.1, 0.15) is 123 Å². The van der Waals surface area contributed by atoms with Crippen molar-refractivity contribution in [3.63, 3.8) is 0 Å². The molecule has 3 rings (SSSR count). The molecule has 0 amide bonds. The van der Waals surface area contributed by atoms with Gasteiger partial charge in [0.2, 0.25) is 0 Å². The molecule has 26 heavy (non-hydrogen) atoms. The summed E-state index contributed by atoms with van der Waals surface area (Å²) in [6.45, 7) is 5.63. The summed E-state index contributed by atoms with van der Waals surface area (Å²) in [7, 11) is 0. The van der Waals surface area contributed by atoms with E-state index in [2.05, 4.69) is 13.8 Å². The minimum Gasteiger partial charge on any atom is -0.375 e. The molecule has 0 atom stereocenters. The normalized spacial score (nSPS) is 35.3. The van der Waals surface area contributed by atoms with Gasteiger partial charge in [-0.3, -0.25) is 0 Å². The maximum Gasteiger partial charge on any atom is 0.0710 e. The Morgan fingerprint density at radius 3 is 1.77 bits per heavy atom. The van der Waals surface area contributed by atoms with Crippen LogP contribution in [0, 0.1) is 23.7 Å². The minimum absolute atomic E-state index is 0.276. The average Bonchev–Trinajstić information content (AvgIpc) is 2.72. The molecule has 1 nitrogen and oxygen atoms in total. The van der Waals surface area contributed by atoms with Gasteiger partial charge in [0.05, 0.1) is 5.60 Å². The number of rotatable bonds is 8. The number of hydrogen-bond acceptors (Lipinski definition) is 1. The molecule has 0 aliphatic heterocycles. The Hall–Kier alpha value is -0.0400. The summed E-state index contributed by atoms with van der Waals surface area (Å²) in [5, 5.41) is 0. The van der Waals surface area contributed by atoms with Gasteiger partial charge in [-0.15, -0.1) is 0 Å². The van der Waals surface area contributed by atoms with Crippen LogP contribution in [-0.2, 0) is 4.74 Å². The molecule has 0 bridgehead atoms. The molecule has 3 saturated carbocycles. The molecule has 1 heteroatoms. The van der Waals surface area contributed by atoms with Gasteiger partial charge < -0.3 is 4.74 Å². The summed E-state index contributed by atoms with van der Waals surface area (Å²) >= 11 is 0. The maximum absolute atomic E-state index is 6.57. The first-order chi connectivity index (χ1) is 12.8. The summed E-state index contributed by atoms with van der Waals surface area (Å²) < 4.78 is 6.57. The predicted octanol–water partition coefficient (Wildman–Crippen LogP) is 7.92. The van der Waals surface area contributed by atoms with Crippen LogP contribution in [0.3, 0.4) is 0 Å². The Bertz CT molecular complexity index is 368. The van der Waals surface area contributed by atoms with Crippen molar-refractivity contribution >= 4 is 0 Å². The zero-order valence-electron chi connectivity index (χ0n) is 17.9. The fourth-order valence-corrected chi connectivity index (χ4v) is 6.50. The molecule has 3 aliphatic carbocycles. The molecule has 0 spiro atoms. The molecule has 152 valence electrons. The SMILES string of the molecule is CCCOC1(C2CCC(CCC3CCC(CC)CC3)CC2)CCCCC1. The van der Waals surface area contributed by atoms with Crippen LogP contribution in [0.25, 0.3) is 0 Å². The van der Waals surface area contributed by atoms with E-state index < -0.39 is 0 Å². The lowest BCUT2D eigenvalue weighted by atomic mass is 9.67. The van der Waals surface area contributed by atoms with Gasteiger partial charge in [-0.2, -0.15) is 0 Å². The van der Waals surface area contributed by atoms with Crippen molar-refractivity contribution in [2.75, 3.05) is 6.61 Å². The Morgan fingerprint density at radius 2 is 1.23 bits per heavy atom. The van der Waals surface area contributed by atoms with Crippen LogP contribution in [0.4, 0.5) is 0 Å². The summed E-state index contributed by atoms with van der Waals surface area (Å²) in [6, 6.07) is 0. The molecule has 0 radical (unpaired) electrons. The second kappa shape index (κ2) is 10.5. The molecule has 0 aromatic carbocycles. The fraction of sp³-hybridized carbons (Fsp3) is 1.00. The van der Waals surface area contributed by atoms with Gasteiger partial charge in [0.1, 0.15) is 0 Å². The average molecular weight is 363 g/mol. The fourth-order valence-electron chi connectivity index (χ4n) is 6.50. The summed E-state index contributed by atoms with van der Waals surface area (Å²) in [6.07, 6.45) is 24.6. The third-order valence-corrected chi connectivity index (χ3v) is 8.41. The zero-order valence-corrected chi connectivity index (χ0v) is 17.9. The quantitative estimate of drug-likeness (QED) is 0.426. The lowest BCUT2D eigenvalue weighted by molar-refractivity contribution is -0.121. The van der Waals surface area contributed by atoms with E-state index in [-0.39, 0.29) is 5.60 Å². The minimum atomic E-state index is 0.276. The first kappa shape index (κ1) is 20.7. The van der Waals surface area contributed by atoms with Crippen LogP contribution >= 0.6 is 0 Å². The van der Waals surface area contributed by atoms with E-state index in [1.165, 1.54) is 109 Å². The largest absolute Gasteiger partial charge is 0.375 e. The molecule has 0 saturated heterocycles. The summed E-state index contributed by atoms with van der Waals surface area (Å²) in [5.41, 5.74) is 0.276. The van der Waals surface area contributed by atoms with Gasteiger partial charge in [-0.25, -0.2) is 0 Å². The van der Waals surface area contributed by atoms with E-state index in [1.807, 2.05) is 0 Å².